The van der Waals surface area contributed by atoms with Crippen LogP contribution in [0.2, 0.25) is 0 Å². The first kappa shape index (κ1) is 30.1. The summed E-state index contributed by atoms with van der Waals surface area (Å²) in [5.41, 5.74) is 2.01. The number of nitrogens with one attached hydrogen (secondary N) is 1. The second kappa shape index (κ2) is 14.7. The SMILES string of the molecule is [Cl][Pd][Cl].c1ccc(P(c2ccccc2)c2cccc3c2Oc2c(cccc2P(c2ccccc2)c2ccccc2)N3)cc1. The van der Waals surface area contributed by atoms with Crippen molar-refractivity contribution in [2.24, 2.45) is 0 Å². The van der Waals surface area contributed by atoms with Gasteiger partial charge in [-0.3, -0.25) is 0 Å². The summed E-state index contributed by atoms with van der Waals surface area (Å²) in [5.74, 6) is 1.83. The third-order valence-corrected chi connectivity index (χ3v) is 11.9. The zero-order valence-electron chi connectivity index (χ0n) is 22.9. The number of para-hydroxylation sites is 2. The van der Waals surface area contributed by atoms with Gasteiger partial charge in [-0.05, 0) is 61.3 Å². The van der Waals surface area contributed by atoms with E-state index in [1.807, 2.05) is 0 Å². The van der Waals surface area contributed by atoms with Crippen LogP contribution in [0.1, 0.15) is 0 Å². The Morgan fingerprint density at radius 2 is 0.721 bits per heavy atom. The number of hydrogen-bond acceptors (Lipinski definition) is 2. The number of hydrogen-bond donors (Lipinski definition) is 1. The molecule has 216 valence electrons. The van der Waals surface area contributed by atoms with Gasteiger partial charge in [0.05, 0.1) is 11.4 Å². The van der Waals surface area contributed by atoms with Gasteiger partial charge in [-0.15, -0.1) is 0 Å². The summed E-state index contributed by atoms with van der Waals surface area (Å²) in [4.78, 5) is 0. The second-order valence-electron chi connectivity index (χ2n) is 9.59. The monoisotopic (exact) mass is 727 g/mol. The van der Waals surface area contributed by atoms with Crippen LogP contribution in [0.25, 0.3) is 0 Å². The van der Waals surface area contributed by atoms with Crippen molar-refractivity contribution in [3.63, 3.8) is 0 Å². The van der Waals surface area contributed by atoms with Gasteiger partial charge < -0.3 is 10.1 Å². The molecule has 0 bridgehead atoms. The molecule has 43 heavy (non-hydrogen) atoms. The van der Waals surface area contributed by atoms with Crippen molar-refractivity contribution in [1.82, 2.24) is 0 Å². The van der Waals surface area contributed by atoms with Gasteiger partial charge in [-0.25, -0.2) is 0 Å². The van der Waals surface area contributed by atoms with Crippen LogP contribution in [0.4, 0.5) is 11.4 Å². The quantitative estimate of drug-likeness (QED) is 0.137. The second-order valence-corrected chi connectivity index (χ2v) is 16.3. The molecule has 0 amide bonds. The summed E-state index contributed by atoms with van der Waals surface area (Å²) in [6.07, 6.45) is 0. The number of rotatable bonds is 6. The molecule has 0 fully saturated rings. The Bertz CT molecular complexity index is 1570. The fourth-order valence-corrected chi connectivity index (χ4v) is 10.0. The zero-order valence-corrected chi connectivity index (χ0v) is 27.7. The van der Waals surface area contributed by atoms with E-state index in [0.29, 0.717) is 0 Å². The average molecular weight is 729 g/mol. The van der Waals surface area contributed by atoms with Crippen LogP contribution in [-0.4, -0.2) is 0 Å². The van der Waals surface area contributed by atoms with Crippen molar-refractivity contribution >= 4 is 78.1 Å². The maximum Gasteiger partial charge on any atom is 0.159 e. The maximum absolute atomic E-state index is 7.06. The van der Waals surface area contributed by atoms with Crippen LogP contribution < -0.4 is 41.9 Å². The number of ether oxygens (including phenoxy) is 1. The number of benzene rings is 6. The van der Waals surface area contributed by atoms with Gasteiger partial charge >= 0.3 is 35.0 Å². The summed E-state index contributed by atoms with van der Waals surface area (Å²) < 4.78 is 7.06. The van der Waals surface area contributed by atoms with E-state index in [1.54, 1.807) is 0 Å². The molecule has 1 N–H and O–H groups in total. The van der Waals surface area contributed by atoms with E-state index >= 15 is 0 Å². The van der Waals surface area contributed by atoms with Gasteiger partial charge in [0.2, 0.25) is 0 Å². The summed E-state index contributed by atoms with van der Waals surface area (Å²) in [5, 5.41) is 11.4. The molecule has 1 heterocycles. The third kappa shape index (κ3) is 6.75. The molecule has 6 aromatic carbocycles. The summed E-state index contributed by atoms with van der Waals surface area (Å²) in [6, 6.07) is 56.2. The molecule has 0 saturated carbocycles. The molecular weight excluding hydrogens is 702 g/mol. The Morgan fingerprint density at radius 3 is 1.02 bits per heavy atom. The molecule has 7 rings (SSSR count). The minimum absolute atomic E-state index is 0.106. The van der Waals surface area contributed by atoms with Crippen molar-refractivity contribution < 1.29 is 20.7 Å². The number of fused-ring (bicyclic) bond motifs is 2. The fourth-order valence-electron chi connectivity index (χ4n) is 5.22. The Hall–Kier alpha value is -2.98. The molecule has 1 aliphatic heterocycles. The molecular formula is C36H27Cl2NOP2Pd. The third-order valence-electron chi connectivity index (χ3n) is 7.00. The van der Waals surface area contributed by atoms with Crippen LogP contribution >= 0.6 is 34.9 Å². The van der Waals surface area contributed by atoms with Crippen LogP contribution in [-0.2, 0) is 15.9 Å². The van der Waals surface area contributed by atoms with E-state index in [1.165, 1.54) is 31.8 Å². The Kier molecular flexibility index (Phi) is 10.3. The predicted molar refractivity (Wildman–Crippen MR) is 185 cm³/mol. The van der Waals surface area contributed by atoms with Gasteiger partial charge in [0, 0.05) is 10.6 Å². The minimum atomic E-state index is -0.822. The van der Waals surface area contributed by atoms with E-state index in [9.17, 15) is 0 Å². The van der Waals surface area contributed by atoms with Gasteiger partial charge in [-0.1, -0.05) is 133 Å². The molecule has 2 nitrogen and oxygen atoms in total. The molecule has 0 atom stereocenters. The molecule has 1 aliphatic rings. The molecule has 0 radical (unpaired) electrons. The summed E-state index contributed by atoms with van der Waals surface area (Å²) in [6.45, 7) is 0. The number of halogens is 2. The van der Waals surface area contributed by atoms with Gasteiger partial charge in [-0.2, -0.15) is 0 Å². The molecule has 6 aromatic rings. The molecule has 0 spiro atoms. The van der Waals surface area contributed by atoms with Crippen molar-refractivity contribution in [3.05, 3.63) is 158 Å². The van der Waals surface area contributed by atoms with E-state index in [4.69, 9.17) is 23.8 Å². The first-order valence-corrected chi connectivity index (χ1v) is 20.3. The predicted octanol–water partition coefficient (Wildman–Crippen LogP) is 8.43. The van der Waals surface area contributed by atoms with Crippen LogP contribution in [0, 0.1) is 0 Å². The van der Waals surface area contributed by atoms with Crippen molar-refractivity contribution in [1.29, 1.82) is 0 Å². The number of anilines is 2. The first-order chi connectivity index (χ1) is 21.3. The molecule has 0 aliphatic carbocycles. The van der Waals surface area contributed by atoms with Crippen molar-refractivity contribution in [2.75, 3.05) is 5.32 Å². The van der Waals surface area contributed by atoms with E-state index < -0.39 is 15.8 Å². The van der Waals surface area contributed by atoms with E-state index in [2.05, 4.69) is 163 Å². The summed E-state index contributed by atoms with van der Waals surface area (Å²) >= 11 is -0.106. The largest absolute Gasteiger partial charge is 0.452 e. The molecule has 0 aromatic heterocycles. The summed E-state index contributed by atoms with van der Waals surface area (Å²) in [7, 11) is 7.98. The average Bonchev–Trinajstić information content (AvgIpc) is 3.07. The van der Waals surface area contributed by atoms with Crippen LogP contribution in [0.5, 0.6) is 11.5 Å². The standard InChI is InChI=1S/C36H27NOP2.2ClH.Pd/c1-5-15-27(16-6-1)39(28-17-7-2-8-18-28)33-25-13-23-31-35(33)38-36-32(37-31)24-14-26-34(36)40(29-19-9-3-10-20-29)30-21-11-4-12-22-30;;;/h1-26,37H;2*1H;/q;;;+2/p-2. The smallest absolute Gasteiger partial charge is 0.159 e. The Labute approximate surface area is 271 Å². The van der Waals surface area contributed by atoms with Crippen LogP contribution in [0.15, 0.2) is 158 Å². The minimum Gasteiger partial charge on any atom is -0.452 e. The van der Waals surface area contributed by atoms with Gasteiger partial charge in [0.1, 0.15) is 0 Å². The van der Waals surface area contributed by atoms with Crippen molar-refractivity contribution in [2.45, 2.75) is 0 Å². The van der Waals surface area contributed by atoms with Crippen molar-refractivity contribution in [3.8, 4) is 11.5 Å². The molecule has 0 saturated heterocycles. The van der Waals surface area contributed by atoms with Gasteiger partial charge in [0.15, 0.2) is 11.5 Å². The maximum atomic E-state index is 7.06. The van der Waals surface area contributed by atoms with E-state index in [-0.39, 0.29) is 15.9 Å². The van der Waals surface area contributed by atoms with E-state index in [0.717, 1.165) is 22.9 Å². The van der Waals surface area contributed by atoms with Gasteiger partial charge in [0.25, 0.3) is 0 Å². The Morgan fingerprint density at radius 1 is 0.419 bits per heavy atom. The van der Waals surface area contributed by atoms with Crippen LogP contribution in [0.3, 0.4) is 0 Å². The zero-order chi connectivity index (χ0) is 29.4. The topological polar surface area (TPSA) is 21.3 Å². The molecule has 0 unspecified atom stereocenters. The Balaban J connectivity index is 0.00000105. The fraction of sp³-hybridized carbons (Fsp3) is 0. The normalized spacial score (nSPS) is 11.5. The molecule has 7 heteroatoms. The first-order valence-electron chi connectivity index (χ1n) is 13.6.